The van der Waals surface area contributed by atoms with E-state index in [1.54, 1.807) is 12.1 Å². The van der Waals surface area contributed by atoms with Crippen molar-refractivity contribution in [2.24, 2.45) is 0 Å². The lowest BCUT2D eigenvalue weighted by molar-refractivity contribution is -0.125. The Morgan fingerprint density at radius 3 is 2.35 bits per heavy atom. The van der Waals surface area contributed by atoms with Crippen LogP contribution in [0.15, 0.2) is 48.5 Å². The van der Waals surface area contributed by atoms with Crippen LogP contribution in [0, 0.1) is 12.7 Å². The summed E-state index contributed by atoms with van der Waals surface area (Å²) in [6.07, 6.45) is 0.248. The molecule has 0 fully saturated rings. The molecule has 0 saturated heterocycles. The molecule has 0 heterocycles. The van der Waals surface area contributed by atoms with Crippen molar-refractivity contribution in [1.29, 1.82) is 0 Å². The molecule has 0 bridgehead atoms. The molecule has 2 amide bonds. The van der Waals surface area contributed by atoms with Crippen molar-refractivity contribution in [3.8, 4) is 0 Å². The number of carbonyl (C=O) groups excluding carboxylic acids is 2. The summed E-state index contributed by atoms with van der Waals surface area (Å²) in [6.45, 7) is 2.16. The molecule has 0 saturated carbocycles. The van der Waals surface area contributed by atoms with Crippen LogP contribution in [0.3, 0.4) is 0 Å². The molecular weight excluding hydrogens is 295 g/mol. The van der Waals surface area contributed by atoms with Crippen molar-refractivity contribution >= 4 is 11.8 Å². The van der Waals surface area contributed by atoms with Crippen LogP contribution in [0.2, 0.25) is 0 Å². The van der Waals surface area contributed by atoms with Gasteiger partial charge in [-0.15, -0.1) is 0 Å². The maximum Gasteiger partial charge on any atom is 0.239 e. The third kappa shape index (κ3) is 5.54. The lowest BCUT2D eigenvalue weighted by Crippen LogP contribution is -2.37. The van der Waals surface area contributed by atoms with Crippen molar-refractivity contribution in [2.75, 3.05) is 6.54 Å². The first-order chi connectivity index (χ1) is 11.0. The Balaban J connectivity index is 1.72. The lowest BCUT2D eigenvalue weighted by Gasteiger charge is -2.08. The van der Waals surface area contributed by atoms with Gasteiger partial charge in [-0.3, -0.25) is 9.59 Å². The zero-order valence-corrected chi connectivity index (χ0v) is 12.9. The highest BCUT2D eigenvalue weighted by molar-refractivity contribution is 5.85. The average Bonchev–Trinajstić information content (AvgIpc) is 2.54. The predicted octanol–water partition coefficient (Wildman–Crippen LogP) is 2.11. The topological polar surface area (TPSA) is 58.2 Å². The van der Waals surface area contributed by atoms with E-state index in [1.165, 1.54) is 12.1 Å². The molecule has 0 aromatic heterocycles. The van der Waals surface area contributed by atoms with E-state index >= 15 is 0 Å². The summed E-state index contributed by atoms with van der Waals surface area (Å²) in [4.78, 5) is 23.6. The molecule has 0 aliphatic carbocycles. The smallest absolute Gasteiger partial charge is 0.239 e. The van der Waals surface area contributed by atoms with Gasteiger partial charge in [-0.2, -0.15) is 0 Å². The fourth-order valence-electron chi connectivity index (χ4n) is 2.09. The van der Waals surface area contributed by atoms with Crippen molar-refractivity contribution in [2.45, 2.75) is 19.9 Å². The van der Waals surface area contributed by atoms with Crippen molar-refractivity contribution in [3.63, 3.8) is 0 Å². The third-order valence-corrected chi connectivity index (χ3v) is 3.46. The summed E-state index contributed by atoms with van der Waals surface area (Å²) in [5.41, 5.74) is 2.78. The van der Waals surface area contributed by atoms with Crippen LogP contribution in [-0.4, -0.2) is 18.4 Å². The molecule has 5 heteroatoms. The molecule has 2 aromatic rings. The third-order valence-electron chi connectivity index (χ3n) is 3.46. The zero-order valence-electron chi connectivity index (χ0n) is 12.9. The van der Waals surface area contributed by atoms with Crippen molar-refractivity contribution < 1.29 is 14.0 Å². The SMILES string of the molecule is Cc1ccccc1CC(=O)NCC(=O)NCc1ccc(F)cc1. The summed E-state index contributed by atoms with van der Waals surface area (Å²) in [5, 5.41) is 5.27. The van der Waals surface area contributed by atoms with Crippen LogP contribution in [0.5, 0.6) is 0 Å². The number of benzene rings is 2. The van der Waals surface area contributed by atoms with Gasteiger partial charge in [0.15, 0.2) is 0 Å². The monoisotopic (exact) mass is 314 g/mol. The van der Waals surface area contributed by atoms with Gasteiger partial charge in [-0.05, 0) is 35.7 Å². The van der Waals surface area contributed by atoms with Gasteiger partial charge in [0, 0.05) is 6.54 Å². The minimum Gasteiger partial charge on any atom is -0.350 e. The molecule has 4 nitrogen and oxygen atoms in total. The number of halogens is 1. The molecule has 0 unspecified atom stereocenters. The molecule has 2 rings (SSSR count). The molecule has 0 spiro atoms. The maximum atomic E-state index is 12.8. The van der Waals surface area contributed by atoms with E-state index in [2.05, 4.69) is 10.6 Å². The van der Waals surface area contributed by atoms with Crippen LogP contribution >= 0.6 is 0 Å². The second-order valence-electron chi connectivity index (χ2n) is 5.28. The fraction of sp³-hybridized carbons (Fsp3) is 0.222. The highest BCUT2D eigenvalue weighted by Gasteiger charge is 2.07. The summed E-state index contributed by atoms with van der Waals surface area (Å²) in [6, 6.07) is 13.5. The van der Waals surface area contributed by atoms with Gasteiger partial charge in [0.1, 0.15) is 5.82 Å². The van der Waals surface area contributed by atoms with E-state index < -0.39 is 0 Å². The number of amides is 2. The molecule has 0 radical (unpaired) electrons. The Labute approximate surface area is 134 Å². The van der Waals surface area contributed by atoms with E-state index in [4.69, 9.17) is 0 Å². The Kier molecular flexibility index (Phi) is 5.86. The van der Waals surface area contributed by atoms with E-state index in [0.29, 0.717) is 6.54 Å². The predicted molar refractivity (Wildman–Crippen MR) is 86.1 cm³/mol. The largest absolute Gasteiger partial charge is 0.350 e. The number of nitrogens with one attached hydrogen (secondary N) is 2. The van der Waals surface area contributed by atoms with E-state index in [9.17, 15) is 14.0 Å². The summed E-state index contributed by atoms with van der Waals surface area (Å²) < 4.78 is 12.8. The normalized spacial score (nSPS) is 10.2. The van der Waals surface area contributed by atoms with Gasteiger partial charge in [-0.1, -0.05) is 36.4 Å². The highest BCUT2D eigenvalue weighted by Crippen LogP contribution is 2.07. The average molecular weight is 314 g/mol. The summed E-state index contributed by atoms with van der Waals surface area (Å²) in [7, 11) is 0. The molecule has 23 heavy (non-hydrogen) atoms. The van der Waals surface area contributed by atoms with Crippen LogP contribution in [0.25, 0.3) is 0 Å². The molecule has 0 aliphatic rings. The van der Waals surface area contributed by atoms with Gasteiger partial charge >= 0.3 is 0 Å². The van der Waals surface area contributed by atoms with Gasteiger partial charge in [-0.25, -0.2) is 4.39 Å². The van der Waals surface area contributed by atoms with Crippen LogP contribution < -0.4 is 10.6 Å². The molecule has 2 aromatic carbocycles. The van der Waals surface area contributed by atoms with Crippen molar-refractivity contribution in [1.82, 2.24) is 10.6 Å². The number of hydrogen-bond donors (Lipinski definition) is 2. The highest BCUT2D eigenvalue weighted by atomic mass is 19.1. The fourth-order valence-corrected chi connectivity index (χ4v) is 2.09. The Morgan fingerprint density at radius 2 is 1.65 bits per heavy atom. The van der Waals surface area contributed by atoms with Gasteiger partial charge < -0.3 is 10.6 Å². The molecule has 0 atom stereocenters. The molecule has 2 N–H and O–H groups in total. The second kappa shape index (κ2) is 8.08. The molecule has 120 valence electrons. The summed E-state index contributed by atoms with van der Waals surface area (Å²) >= 11 is 0. The number of carbonyl (C=O) groups is 2. The number of hydrogen-bond acceptors (Lipinski definition) is 2. The van der Waals surface area contributed by atoms with E-state index in [1.807, 2.05) is 31.2 Å². The quantitative estimate of drug-likeness (QED) is 0.858. The van der Waals surface area contributed by atoms with Gasteiger partial charge in [0.25, 0.3) is 0 Å². The molecular formula is C18H19FN2O2. The van der Waals surface area contributed by atoms with Crippen molar-refractivity contribution in [3.05, 3.63) is 71.0 Å². The van der Waals surface area contributed by atoms with Crippen LogP contribution in [-0.2, 0) is 22.6 Å². The number of rotatable bonds is 6. The van der Waals surface area contributed by atoms with Crippen LogP contribution in [0.4, 0.5) is 4.39 Å². The summed E-state index contributed by atoms with van der Waals surface area (Å²) in [5.74, 6) is -0.799. The first kappa shape index (κ1) is 16.7. The Morgan fingerprint density at radius 1 is 0.957 bits per heavy atom. The first-order valence-electron chi connectivity index (χ1n) is 7.37. The van der Waals surface area contributed by atoms with E-state index in [0.717, 1.165) is 16.7 Å². The van der Waals surface area contributed by atoms with E-state index in [-0.39, 0.29) is 30.6 Å². The maximum absolute atomic E-state index is 12.8. The molecule has 0 aliphatic heterocycles. The first-order valence-corrected chi connectivity index (χ1v) is 7.37. The minimum absolute atomic E-state index is 0.0775. The zero-order chi connectivity index (χ0) is 16.7. The second-order valence-corrected chi connectivity index (χ2v) is 5.28. The van der Waals surface area contributed by atoms with Gasteiger partial charge in [0.05, 0.1) is 13.0 Å². The lowest BCUT2D eigenvalue weighted by atomic mass is 10.1. The Hall–Kier alpha value is -2.69. The Bertz CT molecular complexity index is 684. The number of aryl methyl sites for hydroxylation is 1. The van der Waals surface area contributed by atoms with Crippen LogP contribution in [0.1, 0.15) is 16.7 Å². The standard InChI is InChI=1S/C18H19FN2O2/c1-13-4-2-3-5-15(13)10-17(22)21-12-18(23)20-11-14-6-8-16(19)9-7-14/h2-9H,10-12H2,1H3,(H,20,23)(H,21,22). The van der Waals surface area contributed by atoms with Gasteiger partial charge in [0.2, 0.25) is 11.8 Å². The minimum atomic E-state index is -0.316.